The maximum atomic E-state index is 12.4. The minimum absolute atomic E-state index is 0.115. The van der Waals surface area contributed by atoms with Crippen LogP contribution in [0.15, 0.2) is 0 Å². The lowest BCUT2D eigenvalue weighted by molar-refractivity contribution is -0.135. The van der Waals surface area contributed by atoms with Crippen LogP contribution in [0, 0.1) is 16.7 Å². The number of amides is 1. The highest BCUT2D eigenvalue weighted by Crippen LogP contribution is 2.68. The zero-order valence-corrected chi connectivity index (χ0v) is 12.1. The monoisotopic (exact) mass is 245 g/mol. The molecule has 0 bridgehead atoms. The molecule has 0 spiro atoms. The van der Waals surface area contributed by atoms with Crippen LogP contribution < -0.4 is 0 Å². The fourth-order valence-electron chi connectivity index (χ4n) is 2.69. The molecule has 1 aliphatic carbocycles. The topological polar surface area (TPSA) is 20.3 Å². The van der Waals surface area contributed by atoms with E-state index in [1.165, 1.54) is 0 Å². The second-order valence-electron chi connectivity index (χ2n) is 6.19. The SMILES string of the molecule is CC(C)N(CCCl)C(=O)C1C(C)(C)C1(C)C. The molecule has 0 radical (unpaired) electrons. The maximum Gasteiger partial charge on any atom is 0.227 e. The van der Waals surface area contributed by atoms with E-state index in [1.54, 1.807) is 0 Å². The van der Waals surface area contributed by atoms with Gasteiger partial charge in [0.05, 0.1) is 0 Å². The second kappa shape index (κ2) is 4.21. The molecule has 0 unspecified atom stereocenters. The fraction of sp³-hybridized carbons (Fsp3) is 0.923. The van der Waals surface area contributed by atoms with Crippen LogP contribution >= 0.6 is 11.6 Å². The summed E-state index contributed by atoms with van der Waals surface area (Å²) < 4.78 is 0. The fourth-order valence-corrected chi connectivity index (χ4v) is 2.88. The number of hydrogen-bond acceptors (Lipinski definition) is 1. The zero-order valence-electron chi connectivity index (χ0n) is 11.3. The van der Waals surface area contributed by atoms with Gasteiger partial charge in [-0.3, -0.25) is 4.79 Å². The average Bonchev–Trinajstić information content (AvgIpc) is 2.52. The van der Waals surface area contributed by atoms with Crippen LogP contribution in [0.4, 0.5) is 0 Å². The zero-order chi connectivity index (χ0) is 12.7. The number of carbonyl (C=O) groups excluding carboxylic acids is 1. The van der Waals surface area contributed by atoms with Crippen LogP contribution in [0.3, 0.4) is 0 Å². The predicted octanol–water partition coefficient (Wildman–Crippen LogP) is 3.14. The Morgan fingerprint density at radius 1 is 1.25 bits per heavy atom. The summed E-state index contributed by atoms with van der Waals surface area (Å²) in [5.74, 6) is 0.925. The number of rotatable bonds is 4. The number of nitrogens with zero attached hydrogens (tertiary/aromatic N) is 1. The van der Waals surface area contributed by atoms with Crippen LogP contribution in [-0.4, -0.2) is 29.3 Å². The van der Waals surface area contributed by atoms with Crippen molar-refractivity contribution in [3.63, 3.8) is 0 Å². The predicted molar refractivity (Wildman–Crippen MR) is 68.6 cm³/mol. The molecule has 0 aliphatic heterocycles. The molecular formula is C13H24ClNO. The van der Waals surface area contributed by atoms with E-state index in [0.29, 0.717) is 12.4 Å². The van der Waals surface area contributed by atoms with Gasteiger partial charge in [0.15, 0.2) is 0 Å². The van der Waals surface area contributed by atoms with Gasteiger partial charge in [0.1, 0.15) is 0 Å². The van der Waals surface area contributed by atoms with Crippen molar-refractivity contribution in [2.24, 2.45) is 16.7 Å². The Hall–Kier alpha value is -0.240. The smallest absolute Gasteiger partial charge is 0.227 e. The van der Waals surface area contributed by atoms with E-state index in [-0.39, 0.29) is 28.7 Å². The lowest BCUT2D eigenvalue weighted by Gasteiger charge is -2.27. The molecule has 0 atom stereocenters. The van der Waals surface area contributed by atoms with E-state index < -0.39 is 0 Å². The normalized spacial score (nSPS) is 22.2. The molecule has 0 saturated heterocycles. The largest absolute Gasteiger partial charge is 0.339 e. The third-order valence-corrected chi connectivity index (χ3v) is 4.67. The summed E-state index contributed by atoms with van der Waals surface area (Å²) >= 11 is 5.76. The van der Waals surface area contributed by atoms with E-state index in [9.17, 15) is 4.79 Å². The molecule has 94 valence electrons. The van der Waals surface area contributed by atoms with Crippen LogP contribution in [0.5, 0.6) is 0 Å². The third-order valence-electron chi connectivity index (χ3n) is 4.50. The first-order chi connectivity index (χ1) is 7.17. The summed E-state index contributed by atoms with van der Waals surface area (Å²) in [6.45, 7) is 13.5. The molecule has 3 heteroatoms. The summed E-state index contributed by atoms with van der Waals surface area (Å²) in [5.41, 5.74) is 0.229. The molecule has 1 fully saturated rings. The van der Waals surface area contributed by atoms with Crippen molar-refractivity contribution in [3.05, 3.63) is 0 Å². The Morgan fingerprint density at radius 3 is 1.94 bits per heavy atom. The van der Waals surface area contributed by atoms with E-state index in [4.69, 9.17) is 11.6 Å². The Kier molecular flexibility index (Phi) is 3.64. The average molecular weight is 246 g/mol. The number of hydrogen-bond donors (Lipinski definition) is 0. The first kappa shape index (κ1) is 13.8. The summed E-state index contributed by atoms with van der Waals surface area (Å²) in [6, 6.07) is 0.235. The lowest BCUT2D eigenvalue weighted by Crippen LogP contribution is -2.40. The Labute approximate surface area is 104 Å². The number of alkyl halides is 1. The second-order valence-corrected chi connectivity index (χ2v) is 6.57. The molecule has 0 aromatic heterocycles. The molecule has 1 saturated carbocycles. The van der Waals surface area contributed by atoms with Gasteiger partial charge < -0.3 is 4.90 Å². The summed E-state index contributed by atoms with van der Waals surface area (Å²) in [5, 5.41) is 0. The standard InChI is InChI=1S/C13H24ClNO/c1-9(2)15(8-7-14)11(16)10-12(3,4)13(10,5)6/h9-10H,7-8H2,1-6H3. The molecule has 0 aromatic carbocycles. The summed E-state index contributed by atoms with van der Waals surface area (Å²) in [6.07, 6.45) is 0. The van der Waals surface area contributed by atoms with Crippen molar-refractivity contribution in [2.45, 2.75) is 47.6 Å². The van der Waals surface area contributed by atoms with Gasteiger partial charge in [-0.25, -0.2) is 0 Å². The van der Waals surface area contributed by atoms with Crippen molar-refractivity contribution >= 4 is 17.5 Å². The van der Waals surface area contributed by atoms with Crippen molar-refractivity contribution in [3.8, 4) is 0 Å². The van der Waals surface area contributed by atoms with E-state index in [0.717, 1.165) is 0 Å². The minimum atomic E-state index is 0.115. The third kappa shape index (κ3) is 1.97. The quantitative estimate of drug-likeness (QED) is 0.697. The van der Waals surface area contributed by atoms with Gasteiger partial charge in [0, 0.05) is 24.4 Å². The van der Waals surface area contributed by atoms with Gasteiger partial charge in [-0.15, -0.1) is 11.6 Å². The van der Waals surface area contributed by atoms with Crippen molar-refractivity contribution in [2.75, 3.05) is 12.4 Å². The lowest BCUT2D eigenvalue weighted by atomic mass is 10.0. The summed E-state index contributed by atoms with van der Waals surface area (Å²) in [4.78, 5) is 14.3. The molecule has 1 aliphatic rings. The molecule has 1 rings (SSSR count). The Morgan fingerprint density at radius 2 is 1.69 bits per heavy atom. The van der Waals surface area contributed by atoms with E-state index in [1.807, 2.05) is 18.7 Å². The Balaban J connectivity index is 2.79. The number of carbonyl (C=O) groups is 1. The molecule has 16 heavy (non-hydrogen) atoms. The van der Waals surface area contributed by atoms with Gasteiger partial charge >= 0.3 is 0 Å². The number of halogens is 1. The first-order valence-corrected chi connectivity index (χ1v) is 6.57. The summed E-state index contributed by atoms with van der Waals surface area (Å²) in [7, 11) is 0. The van der Waals surface area contributed by atoms with E-state index >= 15 is 0 Å². The van der Waals surface area contributed by atoms with Crippen molar-refractivity contribution in [1.82, 2.24) is 4.90 Å². The van der Waals surface area contributed by atoms with E-state index in [2.05, 4.69) is 27.7 Å². The molecule has 0 aromatic rings. The highest BCUT2D eigenvalue weighted by molar-refractivity contribution is 6.18. The van der Waals surface area contributed by atoms with Crippen LogP contribution in [0.2, 0.25) is 0 Å². The highest BCUT2D eigenvalue weighted by atomic mass is 35.5. The maximum absolute atomic E-state index is 12.4. The molecule has 1 amide bonds. The van der Waals surface area contributed by atoms with Crippen LogP contribution in [0.1, 0.15) is 41.5 Å². The van der Waals surface area contributed by atoms with Gasteiger partial charge in [0.2, 0.25) is 5.91 Å². The van der Waals surface area contributed by atoms with Gasteiger partial charge in [-0.05, 0) is 24.7 Å². The van der Waals surface area contributed by atoms with Crippen LogP contribution in [0.25, 0.3) is 0 Å². The van der Waals surface area contributed by atoms with Crippen molar-refractivity contribution in [1.29, 1.82) is 0 Å². The molecule has 0 N–H and O–H groups in total. The van der Waals surface area contributed by atoms with Crippen molar-refractivity contribution < 1.29 is 4.79 Å². The van der Waals surface area contributed by atoms with Gasteiger partial charge in [-0.2, -0.15) is 0 Å². The molecule has 2 nitrogen and oxygen atoms in total. The Bertz CT molecular complexity index is 270. The minimum Gasteiger partial charge on any atom is -0.339 e. The highest BCUT2D eigenvalue weighted by Gasteiger charge is 2.68. The first-order valence-electron chi connectivity index (χ1n) is 6.04. The van der Waals surface area contributed by atoms with Gasteiger partial charge in [0.25, 0.3) is 0 Å². The molecular weight excluding hydrogens is 222 g/mol. The van der Waals surface area contributed by atoms with Gasteiger partial charge in [-0.1, -0.05) is 27.7 Å². The van der Waals surface area contributed by atoms with Crippen LogP contribution in [-0.2, 0) is 4.79 Å². The molecule has 0 heterocycles.